The number of carbonyl (C=O) groups is 1. The first kappa shape index (κ1) is 14.9. The van der Waals surface area contributed by atoms with Gasteiger partial charge in [-0.15, -0.1) is 12.4 Å². The van der Waals surface area contributed by atoms with Crippen LogP contribution in [0.1, 0.15) is 6.92 Å². The Balaban J connectivity index is 0.00000225. The summed E-state index contributed by atoms with van der Waals surface area (Å²) < 4.78 is 6.50. The van der Waals surface area contributed by atoms with Crippen LogP contribution >= 0.6 is 12.4 Å². The third-order valence-corrected chi connectivity index (χ3v) is 1.91. The quantitative estimate of drug-likeness (QED) is 0.782. The summed E-state index contributed by atoms with van der Waals surface area (Å²) >= 11 is 0. The molecule has 0 fully saturated rings. The highest BCUT2D eigenvalue weighted by Gasteiger charge is 2.13. The molecule has 0 aliphatic heterocycles. The van der Waals surface area contributed by atoms with Crippen LogP contribution < -0.4 is 11.1 Å². The van der Waals surface area contributed by atoms with E-state index in [1.54, 1.807) is 17.1 Å². The molecule has 1 aromatic rings. The highest BCUT2D eigenvalue weighted by atomic mass is 35.5. The van der Waals surface area contributed by atoms with Crippen LogP contribution in [0.15, 0.2) is 12.4 Å². The van der Waals surface area contributed by atoms with E-state index in [0.717, 1.165) is 6.54 Å². The first-order valence-electron chi connectivity index (χ1n) is 4.75. The van der Waals surface area contributed by atoms with Gasteiger partial charge in [-0.05, 0) is 6.92 Å². The molecule has 1 rings (SSSR count). The van der Waals surface area contributed by atoms with E-state index in [1.165, 1.54) is 7.11 Å². The predicted molar refractivity (Wildman–Crippen MR) is 63.6 cm³/mol. The van der Waals surface area contributed by atoms with E-state index in [1.807, 2.05) is 6.92 Å². The lowest BCUT2D eigenvalue weighted by Crippen LogP contribution is -2.39. The fraction of sp³-hybridized carbons (Fsp3) is 0.556. The number of carbonyl (C=O) groups excluding carboxylic acids is 1. The Labute approximate surface area is 101 Å². The smallest absolute Gasteiger partial charge is 0.243 e. The zero-order chi connectivity index (χ0) is 11.3. The number of nitrogens with zero attached hydrogens (tertiary/aromatic N) is 2. The Morgan fingerprint density at radius 1 is 1.75 bits per heavy atom. The lowest BCUT2D eigenvalue weighted by molar-refractivity contribution is -0.118. The molecule has 0 spiro atoms. The Hall–Kier alpha value is -1.11. The molecule has 0 radical (unpaired) electrons. The summed E-state index contributed by atoms with van der Waals surface area (Å²) in [6.07, 6.45) is 3.33. The SMILES string of the molecule is CCn1cc(NC(=O)C(N)COC)cn1.Cl. The molecule has 6 nitrogen and oxygen atoms in total. The van der Waals surface area contributed by atoms with E-state index in [-0.39, 0.29) is 24.9 Å². The average Bonchev–Trinajstić information content (AvgIpc) is 2.66. The highest BCUT2D eigenvalue weighted by Crippen LogP contribution is 2.04. The number of anilines is 1. The lowest BCUT2D eigenvalue weighted by atomic mass is 10.3. The van der Waals surface area contributed by atoms with Crippen molar-refractivity contribution in [3.8, 4) is 0 Å². The van der Waals surface area contributed by atoms with E-state index >= 15 is 0 Å². The van der Waals surface area contributed by atoms with Crippen LogP contribution in [0.3, 0.4) is 0 Å². The van der Waals surface area contributed by atoms with Gasteiger partial charge in [0.15, 0.2) is 0 Å². The van der Waals surface area contributed by atoms with Gasteiger partial charge in [0.1, 0.15) is 6.04 Å². The van der Waals surface area contributed by atoms with Crippen molar-refractivity contribution in [1.82, 2.24) is 9.78 Å². The number of aromatic nitrogens is 2. The van der Waals surface area contributed by atoms with E-state index in [9.17, 15) is 4.79 Å². The molecule has 1 amide bonds. The molecule has 0 saturated carbocycles. The van der Waals surface area contributed by atoms with Gasteiger partial charge < -0.3 is 15.8 Å². The minimum Gasteiger partial charge on any atom is -0.383 e. The topological polar surface area (TPSA) is 82.2 Å². The monoisotopic (exact) mass is 248 g/mol. The zero-order valence-corrected chi connectivity index (χ0v) is 10.2. The Bertz CT molecular complexity index is 329. The third-order valence-electron chi connectivity index (χ3n) is 1.91. The number of nitrogens with one attached hydrogen (secondary N) is 1. The Morgan fingerprint density at radius 2 is 2.44 bits per heavy atom. The number of aryl methyl sites for hydroxylation is 1. The number of rotatable bonds is 5. The first-order chi connectivity index (χ1) is 7.17. The molecule has 0 aromatic carbocycles. The molecule has 92 valence electrons. The van der Waals surface area contributed by atoms with E-state index in [2.05, 4.69) is 10.4 Å². The first-order valence-corrected chi connectivity index (χ1v) is 4.75. The van der Waals surface area contributed by atoms with E-state index in [4.69, 9.17) is 10.5 Å². The maximum absolute atomic E-state index is 11.4. The second-order valence-electron chi connectivity index (χ2n) is 3.14. The van der Waals surface area contributed by atoms with E-state index < -0.39 is 6.04 Å². The molecule has 1 aromatic heterocycles. The molecule has 1 heterocycles. The molecular formula is C9H17ClN4O2. The molecular weight excluding hydrogens is 232 g/mol. The molecule has 0 aliphatic rings. The van der Waals surface area contributed by atoms with Gasteiger partial charge in [0.05, 0.1) is 18.5 Å². The molecule has 3 N–H and O–H groups in total. The Morgan fingerprint density at radius 3 is 2.94 bits per heavy atom. The largest absolute Gasteiger partial charge is 0.383 e. The highest BCUT2D eigenvalue weighted by molar-refractivity contribution is 5.94. The van der Waals surface area contributed by atoms with Crippen molar-refractivity contribution in [2.75, 3.05) is 19.0 Å². The van der Waals surface area contributed by atoms with Gasteiger partial charge in [-0.1, -0.05) is 0 Å². The molecule has 0 bridgehead atoms. The minimum absolute atomic E-state index is 0. The van der Waals surface area contributed by atoms with E-state index in [0.29, 0.717) is 5.69 Å². The van der Waals surface area contributed by atoms with Crippen LogP contribution in [-0.2, 0) is 16.1 Å². The van der Waals surface area contributed by atoms with Gasteiger partial charge in [0.2, 0.25) is 5.91 Å². The number of nitrogens with two attached hydrogens (primary N) is 1. The van der Waals surface area contributed by atoms with Crippen molar-refractivity contribution in [2.24, 2.45) is 5.73 Å². The standard InChI is InChI=1S/C9H16N4O2.ClH/c1-3-13-5-7(4-11-13)12-9(14)8(10)6-15-2;/h4-5,8H,3,6,10H2,1-2H3,(H,12,14);1H. The maximum Gasteiger partial charge on any atom is 0.243 e. The van der Waals surface area contributed by atoms with Crippen LogP contribution in [0, 0.1) is 0 Å². The summed E-state index contributed by atoms with van der Waals surface area (Å²) in [5.41, 5.74) is 6.20. The average molecular weight is 249 g/mol. The number of methoxy groups -OCH3 is 1. The summed E-state index contributed by atoms with van der Waals surface area (Å²) in [4.78, 5) is 11.4. The molecule has 1 atom stereocenters. The summed E-state index contributed by atoms with van der Waals surface area (Å²) in [6, 6.07) is -0.653. The van der Waals surface area contributed by atoms with Gasteiger partial charge in [-0.25, -0.2) is 0 Å². The zero-order valence-electron chi connectivity index (χ0n) is 9.34. The number of hydrogen-bond acceptors (Lipinski definition) is 4. The maximum atomic E-state index is 11.4. The number of halogens is 1. The van der Waals surface area contributed by atoms with Crippen LogP contribution in [0.2, 0.25) is 0 Å². The number of hydrogen-bond donors (Lipinski definition) is 2. The van der Waals surface area contributed by atoms with Crippen molar-refractivity contribution in [3.63, 3.8) is 0 Å². The Kier molecular flexibility index (Phi) is 6.71. The third kappa shape index (κ3) is 4.18. The van der Waals surface area contributed by atoms with Gasteiger partial charge >= 0.3 is 0 Å². The van der Waals surface area contributed by atoms with Gasteiger partial charge in [-0.2, -0.15) is 5.10 Å². The van der Waals surface area contributed by atoms with Crippen molar-refractivity contribution in [1.29, 1.82) is 0 Å². The number of ether oxygens (including phenoxy) is 1. The minimum atomic E-state index is -0.653. The number of amides is 1. The van der Waals surface area contributed by atoms with Crippen LogP contribution in [0.4, 0.5) is 5.69 Å². The van der Waals surface area contributed by atoms with Crippen LogP contribution in [-0.4, -0.2) is 35.4 Å². The van der Waals surface area contributed by atoms with Gasteiger partial charge in [0, 0.05) is 19.9 Å². The molecule has 7 heteroatoms. The predicted octanol–water partition coefficient (Wildman–Crippen LogP) is 0.237. The second-order valence-corrected chi connectivity index (χ2v) is 3.14. The molecule has 0 aliphatic carbocycles. The summed E-state index contributed by atoms with van der Waals surface area (Å²) in [7, 11) is 1.50. The summed E-state index contributed by atoms with van der Waals surface area (Å²) in [5, 5.41) is 6.68. The van der Waals surface area contributed by atoms with Crippen molar-refractivity contribution in [2.45, 2.75) is 19.5 Å². The molecule has 16 heavy (non-hydrogen) atoms. The second kappa shape index (κ2) is 7.21. The summed E-state index contributed by atoms with van der Waals surface area (Å²) in [5.74, 6) is -0.271. The normalized spacial score (nSPS) is 11.7. The molecule has 1 unspecified atom stereocenters. The fourth-order valence-electron chi connectivity index (χ4n) is 1.09. The van der Waals surface area contributed by atoms with Crippen molar-refractivity contribution < 1.29 is 9.53 Å². The van der Waals surface area contributed by atoms with Crippen molar-refractivity contribution in [3.05, 3.63) is 12.4 Å². The summed E-state index contributed by atoms with van der Waals surface area (Å²) in [6.45, 7) is 2.93. The molecule has 0 saturated heterocycles. The van der Waals surface area contributed by atoms with Gasteiger partial charge in [0.25, 0.3) is 0 Å². The van der Waals surface area contributed by atoms with Crippen molar-refractivity contribution >= 4 is 24.0 Å². The fourth-order valence-corrected chi connectivity index (χ4v) is 1.09. The van der Waals surface area contributed by atoms with Crippen LogP contribution in [0.25, 0.3) is 0 Å². The lowest BCUT2D eigenvalue weighted by Gasteiger charge is -2.09. The van der Waals surface area contributed by atoms with Crippen LogP contribution in [0.5, 0.6) is 0 Å². The van der Waals surface area contributed by atoms with Gasteiger partial charge in [-0.3, -0.25) is 9.48 Å².